The van der Waals surface area contributed by atoms with Crippen LogP contribution >= 0.6 is 0 Å². The molecule has 0 bridgehead atoms. The zero-order chi connectivity index (χ0) is 15.8. The highest BCUT2D eigenvalue weighted by Gasteiger charge is 2.59. The van der Waals surface area contributed by atoms with E-state index in [2.05, 4.69) is 6.58 Å². The van der Waals surface area contributed by atoms with E-state index < -0.39 is 28.9 Å². The highest BCUT2D eigenvalue weighted by atomic mass is 16.6. The fourth-order valence-corrected chi connectivity index (χ4v) is 2.28. The summed E-state index contributed by atoms with van der Waals surface area (Å²) in [5, 5.41) is 9.57. The van der Waals surface area contributed by atoms with Crippen molar-refractivity contribution in [3.05, 3.63) is 12.7 Å². The van der Waals surface area contributed by atoms with Gasteiger partial charge in [-0.3, -0.25) is 4.90 Å². The van der Waals surface area contributed by atoms with Gasteiger partial charge < -0.3 is 14.6 Å². The molecule has 1 saturated heterocycles. The Morgan fingerprint density at radius 2 is 2.00 bits per heavy atom. The molecule has 0 radical (unpaired) electrons. The summed E-state index contributed by atoms with van der Waals surface area (Å²) in [7, 11) is 0. The minimum absolute atomic E-state index is 0.0883. The van der Waals surface area contributed by atoms with E-state index >= 15 is 0 Å². The van der Waals surface area contributed by atoms with Crippen molar-refractivity contribution in [1.29, 1.82) is 0 Å². The lowest BCUT2D eigenvalue weighted by atomic mass is 9.94. The number of hydrogen-bond donors (Lipinski definition) is 1. The van der Waals surface area contributed by atoms with E-state index in [-0.39, 0.29) is 13.0 Å². The first kappa shape index (κ1) is 16.5. The van der Waals surface area contributed by atoms with Crippen molar-refractivity contribution in [3.8, 4) is 0 Å². The van der Waals surface area contributed by atoms with Gasteiger partial charge in [0.25, 0.3) is 0 Å². The first-order chi connectivity index (χ1) is 8.96. The van der Waals surface area contributed by atoms with E-state index in [1.54, 1.807) is 34.6 Å². The summed E-state index contributed by atoms with van der Waals surface area (Å²) in [4.78, 5) is 25.3. The molecule has 0 aromatic rings. The summed E-state index contributed by atoms with van der Waals surface area (Å²) in [5.74, 6) is -1.13. The molecule has 0 saturated carbocycles. The van der Waals surface area contributed by atoms with Crippen molar-refractivity contribution in [2.75, 3.05) is 6.61 Å². The van der Waals surface area contributed by atoms with Crippen molar-refractivity contribution in [1.82, 2.24) is 4.90 Å². The van der Waals surface area contributed by atoms with Crippen LogP contribution in [0.2, 0.25) is 0 Å². The molecule has 1 fully saturated rings. The Labute approximate surface area is 119 Å². The predicted octanol–water partition coefficient (Wildman–Crippen LogP) is 2.39. The summed E-state index contributed by atoms with van der Waals surface area (Å²) in [6, 6.07) is 0. The molecule has 1 unspecified atom stereocenters. The van der Waals surface area contributed by atoms with Crippen LogP contribution in [0.5, 0.6) is 0 Å². The molecule has 1 aliphatic rings. The van der Waals surface area contributed by atoms with Crippen molar-refractivity contribution in [2.45, 2.75) is 57.9 Å². The van der Waals surface area contributed by atoms with Gasteiger partial charge in [-0.15, -0.1) is 6.58 Å². The molecular formula is C14H23NO5. The molecule has 0 spiro atoms. The normalized spacial score (nSPS) is 25.4. The summed E-state index contributed by atoms with van der Waals surface area (Å²) in [5.41, 5.74) is -3.24. The second-order valence-electron chi connectivity index (χ2n) is 6.38. The summed E-state index contributed by atoms with van der Waals surface area (Å²) in [6.07, 6.45) is 0.852. The summed E-state index contributed by atoms with van der Waals surface area (Å²) >= 11 is 0. The van der Waals surface area contributed by atoms with Crippen LogP contribution in [0.15, 0.2) is 12.7 Å². The number of carboxylic acids is 1. The maximum atomic E-state index is 12.4. The summed E-state index contributed by atoms with van der Waals surface area (Å²) < 4.78 is 10.8. The lowest BCUT2D eigenvalue weighted by Gasteiger charge is -2.39. The Bertz CT molecular complexity index is 424. The van der Waals surface area contributed by atoms with Crippen LogP contribution in [0.3, 0.4) is 0 Å². The number of nitrogens with zero attached hydrogens (tertiary/aromatic N) is 1. The van der Waals surface area contributed by atoms with Crippen LogP contribution in [0, 0.1) is 0 Å². The molecule has 1 amide bonds. The van der Waals surface area contributed by atoms with E-state index in [0.717, 1.165) is 4.90 Å². The number of aliphatic carboxylic acids is 1. The molecular weight excluding hydrogens is 262 g/mol. The van der Waals surface area contributed by atoms with Crippen molar-refractivity contribution in [2.24, 2.45) is 0 Å². The first-order valence-electron chi connectivity index (χ1n) is 6.48. The zero-order valence-corrected chi connectivity index (χ0v) is 12.7. The van der Waals surface area contributed by atoms with Gasteiger partial charge in [0.1, 0.15) is 11.3 Å². The zero-order valence-electron chi connectivity index (χ0n) is 12.7. The van der Waals surface area contributed by atoms with Gasteiger partial charge in [-0.05, 0) is 34.6 Å². The van der Waals surface area contributed by atoms with Gasteiger partial charge in [-0.1, -0.05) is 6.08 Å². The minimum atomic E-state index is -1.48. The number of carbonyl (C=O) groups excluding carboxylic acids is 1. The van der Waals surface area contributed by atoms with E-state index in [4.69, 9.17) is 9.47 Å². The topological polar surface area (TPSA) is 76.1 Å². The molecule has 114 valence electrons. The number of ether oxygens (including phenoxy) is 2. The van der Waals surface area contributed by atoms with Crippen LogP contribution in [0.25, 0.3) is 0 Å². The third kappa shape index (κ3) is 2.95. The maximum absolute atomic E-state index is 12.4. The maximum Gasteiger partial charge on any atom is 0.413 e. The molecule has 0 aromatic carbocycles. The predicted molar refractivity (Wildman–Crippen MR) is 73.3 cm³/mol. The molecule has 0 aliphatic carbocycles. The Balaban J connectivity index is 3.22. The Morgan fingerprint density at radius 1 is 1.45 bits per heavy atom. The van der Waals surface area contributed by atoms with Gasteiger partial charge in [0.15, 0.2) is 5.54 Å². The smallest absolute Gasteiger partial charge is 0.413 e. The molecule has 1 aliphatic heterocycles. The third-order valence-electron chi connectivity index (χ3n) is 3.09. The largest absolute Gasteiger partial charge is 0.479 e. The van der Waals surface area contributed by atoms with E-state index in [0.29, 0.717) is 0 Å². The molecule has 20 heavy (non-hydrogen) atoms. The van der Waals surface area contributed by atoms with Crippen LogP contribution in [-0.4, -0.2) is 45.5 Å². The SMILES string of the molecule is C=CCC1(C(=O)O)COC(C)(C)N1C(=O)OC(C)(C)C. The number of amides is 1. The molecule has 1 heterocycles. The van der Waals surface area contributed by atoms with Gasteiger partial charge in [-0.25, -0.2) is 9.59 Å². The molecule has 1 rings (SSSR count). The quantitative estimate of drug-likeness (QED) is 0.806. The van der Waals surface area contributed by atoms with Gasteiger partial charge in [0, 0.05) is 6.42 Å². The number of carbonyl (C=O) groups is 2. The first-order valence-corrected chi connectivity index (χ1v) is 6.48. The molecule has 0 aromatic heterocycles. The average Bonchev–Trinajstić information content (AvgIpc) is 2.49. The van der Waals surface area contributed by atoms with Crippen molar-refractivity contribution >= 4 is 12.1 Å². The van der Waals surface area contributed by atoms with Gasteiger partial charge in [-0.2, -0.15) is 0 Å². The van der Waals surface area contributed by atoms with Crippen LogP contribution in [-0.2, 0) is 14.3 Å². The summed E-state index contributed by atoms with van der Waals surface area (Å²) in [6.45, 7) is 11.9. The highest BCUT2D eigenvalue weighted by Crippen LogP contribution is 2.39. The van der Waals surface area contributed by atoms with E-state index in [1.165, 1.54) is 6.08 Å². The van der Waals surface area contributed by atoms with Gasteiger partial charge in [0.05, 0.1) is 6.61 Å². The Hall–Kier alpha value is -1.56. The van der Waals surface area contributed by atoms with Gasteiger partial charge >= 0.3 is 12.1 Å². The van der Waals surface area contributed by atoms with Crippen molar-refractivity contribution < 1.29 is 24.2 Å². The van der Waals surface area contributed by atoms with Crippen molar-refractivity contribution in [3.63, 3.8) is 0 Å². The van der Waals surface area contributed by atoms with Gasteiger partial charge in [0.2, 0.25) is 0 Å². The minimum Gasteiger partial charge on any atom is -0.479 e. The third-order valence-corrected chi connectivity index (χ3v) is 3.09. The number of hydrogen-bond acceptors (Lipinski definition) is 4. The molecule has 1 atom stereocenters. The van der Waals surface area contributed by atoms with Crippen LogP contribution in [0.4, 0.5) is 4.79 Å². The number of rotatable bonds is 3. The van der Waals surface area contributed by atoms with E-state index in [1.807, 2.05) is 0 Å². The number of carboxylic acid groups (broad SMARTS) is 1. The Kier molecular flexibility index (Phi) is 4.20. The standard InChI is InChI=1S/C14H23NO5/c1-7-8-14(10(16)17)9-19-13(5,6)15(14)11(18)20-12(2,3)4/h7H,1,8-9H2,2-6H3,(H,16,17). The fraction of sp³-hybridized carbons (Fsp3) is 0.714. The fourth-order valence-electron chi connectivity index (χ4n) is 2.28. The second-order valence-corrected chi connectivity index (χ2v) is 6.38. The van der Waals surface area contributed by atoms with Crippen LogP contribution in [0.1, 0.15) is 41.0 Å². The Morgan fingerprint density at radius 3 is 2.40 bits per heavy atom. The average molecular weight is 285 g/mol. The highest BCUT2D eigenvalue weighted by molar-refractivity contribution is 5.86. The lowest BCUT2D eigenvalue weighted by Crippen LogP contribution is -2.60. The second kappa shape index (κ2) is 5.09. The van der Waals surface area contributed by atoms with Crippen LogP contribution < -0.4 is 0 Å². The lowest BCUT2D eigenvalue weighted by molar-refractivity contribution is -0.150. The van der Waals surface area contributed by atoms with E-state index in [9.17, 15) is 14.7 Å². The molecule has 6 nitrogen and oxygen atoms in total. The molecule has 6 heteroatoms. The monoisotopic (exact) mass is 285 g/mol. The molecule has 1 N–H and O–H groups in total.